The Kier molecular flexibility index (Phi) is 3.78. The molecule has 2 aliphatic rings. The molecule has 0 atom stereocenters. The summed E-state index contributed by atoms with van der Waals surface area (Å²) in [7, 11) is 0. The van der Waals surface area contributed by atoms with Crippen LogP contribution in [0.4, 0.5) is 0 Å². The van der Waals surface area contributed by atoms with Gasteiger partial charge in [0.1, 0.15) is 5.82 Å². The van der Waals surface area contributed by atoms with Crippen LogP contribution in [0, 0.1) is 0 Å². The molecule has 3 heterocycles. The van der Waals surface area contributed by atoms with Crippen LogP contribution >= 0.6 is 0 Å². The smallest absolute Gasteiger partial charge is 0.356 e. The van der Waals surface area contributed by atoms with Gasteiger partial charge in [-0.3, -0.25) is 0 Å². The summed E-state index contributed by atoms with van der Waals surface area (Å²) in [6, 6.07) is 0. The fourth-order valence-electron chi connectivity index (χ4n) is 3.56. The second kappa shape index (κ2) is 5.56. The number of piperidine rings is 1. The maximum atomic E-state index is 11.4. The first-order chi connectivity index (χ1) is 9.70. The zero-order valence-electron chi connectivity index (χ0n) is 12.1. The predicted octanol–water partition coefficient (Wildman–Crippen LogP) is 2.12. The Bertz CT molecular complexity index is 501. The summed E-state index contributed by atoms with van der Waals surface area (Å²) in [4.78, 5) is 18.3. The van der Waals surface area contributed by atoms with Gasteiger partial charge in [-0.25, -0.2) is 9.78 Å². The molecule has 0 aliphatic carbocycles. The minimum absolute atomic E-state index is 0.303. The third-order valence-corrected chi connectivity index (χ3v) is 4.75. The lowest BCUT2D eigenvalue weighted by molar-refractivity contribution is 0.0689. The van der Waals surface area contributed by atoms with Gasteiger partial charge in [-0.15, -0.1) is 0 Å². The van der Waals surface area contributed by atoms with E-state index >= 15 is 0 Å². The van der Waals surface area contributed by atoms with Gasteiger partial charge in [0.05, 0.1) is 5.69 Å². The van der Waals surface area contributed by atoms with Crippen LogP contribution in [0.3, 0.4) is 0 Å². The Balaban J connectivity index is 1.88. The Morgan fingerprint density at radius 2 is 2.05 bits per heavy atom. The highest BCUT2D eigenvalue weighted by molar-refractivity contribution is 5.87. The highest BCUT2D eigenvalue weighted by Gasteiger charge is 2.29. The van der Waals surface area contributed by atoms with E-state index < -0.39 is 5.97 Å². The van der Waals surface area contributed by atoms with Gasteiger partial charge in [0, 0.05) is 12.5 Å². The van der Waals surface area contributed by atoms with E-state index in [0.29, 0.717) is 11.6 Å². The van der Waals surface area contributed by atoms with E-state index in [4.69, 9.17) is 0 Å². The molecule has 20 heavy (non-hydrogen) atoms. The summed E-state index contributed by atoms with van der Waals surface area (Å²) in [6.45, 7) is 6.45. The summed E-state index contributed by atoms with van der Waals surface area (Å²) < 4.78 is 2.21. The molecule has 1 aromatic heterocycles. The average Bonchev–Trinajstić information content (AvgIpc) is 2.87. The van der Waals surface area contributed by atoms with Crippen molar-refractivity contribution in [2.45, 2.75) is 51.5 Å². The lowest BCUT2D eigenvalue weighted by Crippen LogP contribution is -2.33. The normalized spacial score (nSPS) is 20.9. The van der Waals surface area contributed by atoms with E-state index in [1.807, 2.05) is 0 Å². The molecule has 2 aliphatic heterocycles. The molecule has 1 fully saturated rings. The fourth-order valence-corrected chi connectivity index (χ4v) is 3.56. The molecule has 0 bridgehead atoms. The van der Waals surface area contributed by atoms with E-state index in [2.05, 4.69) is 21.4 Å². The van der Waals surface area contributed by atoms with Crippen molar-refractivity contribution in [1.82, 2.24) is 14.5 Å². The van der Waals surface area contributed by atoms with Gasteiger partial charge in [-0.1, -0.05) is 6.92 Å². The van der Waals surface area contributed by atoms with Gasteiger partial charge in [0.2, 0.25) is 0 Å². The molecule has 5 heteroatoms. The Hall–Kier alpha value is -1.36. The average molecular weight is 277 g/mol. The molecule has 110 valence electrons. The molecule has 0 aromatic carbocycles. The van der Waals surface area contributed by atoms with E-state index in [9.17, 15) is 9.90 Å². The monoisotopic (exact) mass is 277 g/mol. The van der Waals surface area contributed by atoms with Gasteiger partial charge in [-0.2, -0.15) is 0 Å². The summed E-state index contributed by atoms with van der Waals surface area (Å²) in [5, 5.41) is 9.35. The first-order valence-electron chi connectivity index (χ1n) is 7.75. The number of rotatable bonds is 3. The minimum Gasteiger partial charge on any atom is -0.476 e. The lowest BCUT2D eigenvalue weighted by atomic mass is 9.95. The first-order valence-corrected chi connectivity index (χ1v) is 7.75. The first kappa shape index (κ1) is 13.6. The van der Waals surface area contributed by atoms with E-state index in [0.717, 1.165) is 69.8 Å². The summed E-state index contributed by atoms with van der Waals surface area (Å²) in [5.74, 6) is 0.600. The van der Waals surface area contributed by atoms with E-state index in [-0.39, 0.29) is 0 Å². The zero-order valence-corrected chi connectivity index (χ0v) is 12.1. The number of hydrogen-bond acceptors (Lipinski definition) is 3. The second-order valence-electron chi connectivity index (χ2n) is 5.89. The summed E-state index contributed by atoms with van der Waals surface area (Å²) in [5.41, 5.74) is 1.26. The van der Waals surface area contributed by atoms with Crippen LogP contribution in [-0.4, -0.2) is 45.2 Å². The summed E-state index contributed by atoms with van der Waals surface area (Å²) >= 11 is 0. The van der Waals surface area contributed by atoms with Crippen molar-refractivity contribution in [2.75, 3.05) is 19.6 Å². The lowest BCUT2D eigenvalue weighted by Gasteiger charge is -2.31. The largest absolute Gasteiger partial charge is 0.476 e. The zero-order chi connectivity index (χ0) is 14.1. The maximum Gasteiger partial charge on any atom is 0.356 e. The molecular weight excluding hydrogens is 254 g/mol. The Labute approximate surface area is 119 Å². The SMILES string of the molecule is CCN1CCC(c2nc(C(=O)O)c3n2CCCC3)CC1. The number of hydrogen-bond donors (Lipinski definition) is 1. The van der Waals surface area contributed by atoms with Crippen LogP contribution < -0.4 is 0 Å². The molecule has 0 saturated carbocycles. The number of aromatic nitrogens is 2. The van der Waals surface area contributed by atoms with Crippen LogP contribution in [0.25, 0.3) is 0 Å². The molecule has 3 rings (SSSR count). The Morgan fingerprint density at radius 3 is 2.70 bits per heavy atom. The number of nitrogens with zero attached hydrogens (tertiary/aromatic N) is 3. The number of likely N-dealkylation sites (tertiary alicyclic amines) is 1. The van der Waals surface area contributed by atoms with Crippen molar-refractivity contribution in [2.24, 2.45) is 0 Å². The maximum absolute atomic E-state index is 11.4. The topological polar surface area (TPSA) is 58.4 Å². The van der Waals surface area contributed by atoms with Crippen molar-refractivity contribution in [3.63, 3.8) is 0 Å². The highest BCUT2D eigenvalue weighted by Crippen LogP contribution is 2.31. The number of aromatic carboxylic acids is 1. The standard InChI is InChI=1S/C15H23N3O2/c1-2-17-9-6-11(7-10-17)14-16-13(15(19)20)12-5-3-4-8-18(12)14/h11H,2-10H2,1H3,(H,19,20). The molecule has 1 saturated heterocycles. The van der Waals surface area contributed by atoms with Gasteiger partial charge >= 0.3 is 5.97 Å². The van der Waals surface area contributed by atoms with Gasteiger partial charge in [-0.05, 0) is 51.7 Å². The number of carboxylic acids is 1. The van der Waals surface area contributed by atoms with Crippen molar-refractivity contribution in [3.8, 4) is 0 Å². The second-order valence-corrected chi connectivity index (χ2v) is 5.89. The van der Waals surface area contributed by atoms with E-state index in [1.54, 1.807) is 0 Å². The van der Waals surface area contributed by atoms with Crippen LogP contribution in [0.1, 0.15) is 60.5 Å². The fraction of sp³-hybridized carbons (Fsp3) is 0.733. The van der Waals surface area contributed by atoms with Gasteiger partial charge in [0.25, 0.3) is 0 Å². The van der Waals surface area contributed by atoms with Crippen molar-refractivity contribution in [1.29, 1.82) is 0 Å². The number of carboxylic acid groups (broad SMARTS) is 1. The Morgan fingerprint density at radius 1 is 1.30 bits per heavy atom. The summed E-state index contributed by atoms with van der Waals surface area (Å²) in [6.07, 6.45) is 5.29. The van der Waals surface area contributed by atoms with Gasteiger partial charge < -0.3 is 14.6 Å². The van der Waals surface area contributed by atoms with Crippen LogP contribution in [-0.2, 0) is 13.0 Å². The van der Waals surface area contributed by atoms with Crippen LogP contribution in [0.5, 0.6) is 0 Å². The molecule has 0 radical (unpaired) electrons. The number of carbonyl (C=O) groups is 1. The van der Waals surface area contributed by atoms with Crippen molar-refractivity contribution in [3.05, 3.63) is 17.2 Å². The van der Waals surface area contributed by atoms with Crippen LogP contribution in [0.15, 0.2) is 0 Å². The number of fused-ring (bicyclic) bond motifs is 1. The molecule has 0 spiro atoms. The van der Waals surface area contributed by atoms with Crippen LogP contribution in [0.2, 0.25) is 0 Å². The van der Waals surface area contributed by atoms with Crippen molar-refractivity contribution >= 4 is 5.97 Å². The molecule has 0 amide bonds. The van der Waals surface area contributed by atoms with E-state index in [1.165, 1.54) is 0 Å². The number of imidazole rings is 1. The van der Waals surface area contributed by atoms with Gasteiger partial charge in [0.15, 0.2) is 5.69 Å². The molecule has 5 nitrogen and oxygen atoms in total. The minimum atomic E-state index is -0.868. The molecule has 1 N–H and O–H groups in total. The molecule has 1 aromatic rings. The quantitative estimate of drug-likeness (QED) is 0.919. The van der Waals surface area contributed by atoms with Crippen molar-refractivity contribution < 1.29 is 9.90 Å². The third kappa shape index (κ3) is 2.35. The third-order valence-electron chi connectivity index (χ3n) is 4.75. The predicted molar refractivity (Wildman–Crippen MR) is 76.2 cm³/mol. The highest BCUT2D eigenvalue weighted by atomic mass is 16.4. The molecule has 0 unspecified atom stereocenters. The molecular formula is C15H23N3O2.